The van der Waals surface area contributed by atoms with Crippen molar-refractivity contribution in [2.24, 2.45) is 0 Å². The SMILES string of the molecule is COCCNC(=O)CN1C(=O)/C(=C\c2ccc(OC)c(Br)c2)Oc2ccccc21. The van der Waals surface area contributed by atoms with E-state index in [0.717, 1.165) is 10.0 Å². The van der Waals surface area contributed by atoms with E-state index in [1.165, 1.54) is 4.90 Å². The summed E-state index contributed by atoms with van der Waals surface area (Å²) in [4.78, 5) is 26.7. The van der Waals surface area contributed by atoms with Crippen LogP contribution in [0.3, 0.4) is 0 Å². The summed E-state index contributed by atoms with van der Waals surface area (Å²) in [6, 6.07) is 12.5. The Bertz CT molecular complexity index is 944. The minimum absolute atomic E-state index is 0.118. The summed E-state index contributed by atoms with van der Waals surface area (Å²) < 4.78 is 16.7. The molecule has 2 amide bonds. The Balaban J connectivity index is 1.88. The fraction of sp³-hybridized carbons (Fsp3) is 0.238. The first-order valence-electron chi connectivity index (χ1n) is 8.93. The maximum atomic E-state index is 13.1. The van der Waals surface area contributed by atoms with Crippen LogP contribution < -0.4 is 19.7 Å². The lowest BCUT2D eigenvalue weighted by Gasteiger charge is -2.30. The third-order valence-electron chi connectivity index (χ3n) is 4.24. The van der Waals surface area contributed by atoms with Crippen LogP contribution in [0.25, 0.3) is 6.08 Å². The molecule has 0 saturated carbocycles. The molecule has 1 heterocycles. The molecule has 0 fully saturated rings. The van der Waals surface area contributed by atoms with Crippen molar-refractivity contribution in [3.63, 3.8) is 0 Å². The monoisotopic (exact) mass is 460 g/mol. The summed E-state index contributed by atoms with van der Waals surface area (Å²) in [6.45, 7) is 0.654. The number of fused-ring (bicyclic) bond motifs is 1. The van der Waals surface area contributed by atoms with Crippen molar-refractivity contribution in [2.75, 3.05) is 38.8 Å². The van der Waals surface area contributed by atoms with E-state index >= 15 is 0 Å². The van der Waals surface area contributed by atoms with E-state index in [1.54, 1.807) is 44.6 Å². The molecule has 152 valence electrons. The van der Waals surface area contributed by atoms with Gasteiger partial charge < -0.3 is 19.5 Å². The van der Waals surface area contributed by atoms with Crippen LogP contribution in [0.2, 0.25) is 0 Å². The summed E-state index contributed by atoms with van der Waals surface area (Å²) in [5.74, 6) is 0.653. The predicted octanol–water partition coefficient (Wildman–Crippen LogP) is 2.99. The first-order chi connectivity index (χ1) is 14.0. The van der Waals surface area contributed by atoms with Crippen LogP contribution in [0.4, 0.5) is 5.69 Å². The van der Waals surface area contributed by atoms with Crippen LogP contribution in [-0.4, -0.2) is 45.7 Å². The number of nitrogens with zero attached hydrogens (tertiary/aromatic N) is 1. The van der Waals surface area contributed by atoms with Crippen LogP contribution in [0.5, 0.6) is 11.5 Å². The number of nitrogens with one attached hydrogen (secondary N) is 1. The second-order valence-electron chi connectivity index (χ2n) is 6.21. The smallest absolute Gasteiger partial charge is 0.294 e. The van der Waals surface area contributed by atoms with Gasteiger partial charge in [0.1, 0.15) is 12.3 Å². The summed E-state index contributed by atoms with van der Waals surface area (Å²) in [6.07, 6.45) is 1.64. The third-order valence-corrected chi connectivity index (χ3v) is 4.86. The Morgan fingerprint density at radius 1 is 1.24 bits per heavy atom. The first kappa shape index (κ1) is 20.9. The predicted molar refractivity (Wildman–Crippen MR) is 113 cm³/mol. The van der Waals surface area contributed by atoms with E-state index in [-0.39, 0.29) is 18.2 Å². The van der Waals surface area contributed by atoms with Crippen molar-refractivity contribution in [1.82, 2.24) is 5.32 Å². The summed E-state index contributed by atoms with van der Waals surface area (Å²) in [5.41, 5.74) is 1.30. The zero-order valence-electron chi connectivity index (χ0n) is 16.1. The van der Waals surface area contributed by atoms with Gasteiger partial charge in [0.2, 0.25) is 5.91 Å². The Hall–Kier alpha value is -2.84. The van der Waals surface area contributed by atoms with Crippen molar-refractivity contribution < 1.29 is 23.8 Å². The van der Waals surface area contributed by atoms with Crippen LogP contribution in [0.15, 0.2) is 52.7 Å². The van der Waals surface area contributed by atoms with E-state index in [9.17, 15) is 9.59 Å². The van der Waals surface area contributed by atoms with Gasteiger partial charge in [0.05, 0.1) is 23.9 Å². The van der Waals surface area contributed by atoms with Crippen molar-refractivity contribution in [1.29, 1.82) is 0 Å². The molecule has 0 bridgehead atoms. The minimum atomic E-state index is -0.391. The second kappa shape index (κ2) is 9.58. The number of amides is 2. The van der Waals surface area contributed by atoms with Crippen molar-refractivity contribution >= 4 is 39.5 Å². The van der Waals surface area contributed by atoms with Crippen LogP contribution in [0.1, 0.15) is 5.56 Å². The van der Waals surface area contributed by atoms with Gasteiger partial charge in [-0.2, -0.15) is 0 Å². The normalized spacial score (nSPS) is 14.4. The van der Waals surface area contributed by atoms with E-state index in [2.05, 4.69) is 21.2 Å². The zero-order valence-corrected chi connectivity index (χ0v) is 17.7. The molecule has 7 nitrogen and oxygen atoms in total. The maximum Gasteiger partial charge on any atom is 0.294 e. The van der Waals surface area contributed by atoms with Gasteiger partial charge >= 0.3 is 0 Å². The molecule has 8 heteroatoms. The average molecular weight is 461 g/mol. The number of anilines is 1. The van der Waals surface area contributed by atoms with Crippen LogP contribution in [0, 0.1) is 0 Å². The number of carbonyl (C=O) groups is 2. The first-order valence-corrected chi connectivity index (χ1v) is 9.72. The van der Waals surface area contributed by atoms with Gasteiger partial charge in [0.15, 0.2) is 11.5 Å². The lowest BCUT2D eigenvalue weighted by atomic mass is 10.1. The number of hydrogen-bond acceptors (Lipinski definition) is 5. The molecule has 2 aromatic rings. The Kier molecular flexibility index (Phi) is 6.90. The van der Waals surface area contributed by atoms with Gasteiger partial charge in [-0.1, -0.05) is 18.2 Å². The number of rotatable bonds is 7. The Labute approximate surface area is 177 Å². The average Bonchev–Trinajstić information content (AvgIpc) is 2.71. The van der Waals surface area contributed by atoms with Crippen molar-refractivity contribution in [2.45, 2.75) is 0 Å². The highest BCUT2D eigenvalue weighted by molar-refractivity contribution is 9.10. The molecule has 3 rings (SSSR count). The number of carbonyl (C=O) groups excluding carboxylic acids is 2. The minimum Gasteiger partial charge on any atom is -0.496 e. The quantitative estimate of drug-likeness (QED) is 0.507. The molecule has 0 atom stereocenters. The van der Waals surface area contributed by atoms with E-state index < -0.39 is 5.91 Å². The number of hydrogen-bond donors (Lipinski definition) is 1. The van der Waals surface area contributed by atoms with Crippen molar-refractivity contribution in [3.8, 4) is 11.5 Å². The summed E-state index contributed by atoms with van der Waals surface area (Å²) >= 11 is 3.43. The number of ether oxygens (including phenoxy) is 3. The molecule has 0 spiro atoms. The number of benzene rings is 2. The highest BCUT2D eigenvalue weighted by Crippen LogP contribution is 2.36. The molecule has 29 heavy (non-hydrogen) atoms. The molecule has 0 radical (unpaired) electrons. The third kappa shape index (κ3) is 4.96. The molecular weight excluding hydrogens is 440 g/mol. The molecule has 0 aliphatic carbocycles. The standard InChI is InChI=1S/C21H21BrN2O5/c1-27-10-9-23-20(25)13-24-16-5-3-4-6-18(16)29-19(21(24)26)12-14-7-8-17(28-2)15(22)11-14/h3-8,11-12H,9-10,13H2,1-2H3,(H,23,25)/b19-12+. The van der Waals surface area contributed by atoms with E-state index in [0.29, 0.717) is 30.3 Å². The second-order valence-corrected chi connectivity index (χ2v) is 7.06. The molecule has 2 aromatic carbocycles. The van der Waals surface area contributed by atoms with Gasteiger partial charge in [0, 0.05) is 13.7 Å². The summed E-state index contributed by atoms with van der Waals surface area (Å²) in [7, 11) is 3.14. The molecular formula is C21H21BrN2O5. The highest BCUT2D eigenvalue weighted by Gasteiger charge is 2.31. The zero-order chi connectivity index (χ0) is 20.8. The maximum absolute atomic E-state index is 13.1. The van der Waals surface area contributed by atoms with Crippen LogP contribution in [-0.2, 0) is 14.3 Å². The van der Waals surface area contributed by atoms with Gasteiger partial charge in [-0.15, -0.1) is 0 Å². The summed E-state index contributed by atoms with van der Waals surface area (Å²) in [5, 5.41) is 2.73. The van der Waals surface area contributed by atoms with E-state index in [1.807, 2.05) is 18.2 Å². The lowest BCUT2D eigenvalue weighted by molar-refractivity contribution is -0.123. The molecule has 1 aliphatic heterocycles. The molecule has 0 unspecified atom stereocenters. The Morgan fingerprint density at radius 3 is 2.76 bits per heavy atom. The molecule has 0 saturated heterocycles. The number of methoxy groups -OCH3 is 2. The number of halogens is 1. The molecule has 1 N–H and O–H groups in total. The van der Waals surface area contributed by atoms with Gasteiger partial charge in [-0.3, -0.25) is 14.5 Å². The van der Waals surface area contributed by atoms with Crippen LogP contribution >= 0.6 is 15.9 Å². The fourth-order valence-electron chi connectivity index (χ4n) is 2.83. The van der Waals surface area contributed by atoms with E-state index in [4.69, 9.17) is 14.2 Å². The Morgan fingerprint density at radius 2 is 2.03 bits per heavy atom. The van der Waals surface area contributed by atoms with Gasteiger partial charge in [-0.05, 0) is 51.8 Å². The molecule has 1 aliphatic rings. The lowest BCUT2D eigenvalue weighted by Crippen LogP contribution is -2.44. The topological polar surface area (TPSA) is 77.1 Å². The van der Waals surface area contributed by atoms with Gasteiger partial charge in [-0.25, -0.2) is 0 Å². The van der Waals surface area contributed by atoms with Gasteiger partial charge in [0.25, 0.3) is 5.91 Å². The molecule has 0 aromatic heterocycles. The number of para-hydroxylation sites is 2. The fourth-order valence-corrected chi connectivity index (χ4v) is 3.39. The highest BCUT2D eigenvalue weighted by atomic mass is 79.9. The largest absolute Gasteiger partial charge is 0.496 e. The van der Waals surface area contributed by atoms with Crippen molar-refractivity contribution in [3.05, 3.63) is 58.3 Å².